The minimum Gasteiger partial charge on any atom is -0.481 e. The molecule has 0 amide bonds. The zero-order chi connectivity index (χ0) is 19.2. The van der Waals surface area contributed by atoms with E-state index in [9.17, 15) is 26.4 Å². The van der Waals surface area contributed by atoms with Gasteiger partial charge in [-0.25, -0.2) is 0 Å². The first kappa shape index (κ1) is 18.8. The minimum atomic E-state index is -5.76. The van der Waals surface area contributed by atoms with Gasteiger partial charge in [0.25, 0.3) is 0 Å². The Morgan fingerprint density at radius 3 is 2.65 bits per heavy atom. The lowest BCUT2D eigenvalue weighted by atomic mass is 9.74. The van der Waals surface area contributed by atoms with Gasteiger partial charge in [-0.3, -0.25) is 4.79 Å². The number of hydrogen-bond acceptors (Lipinski definition) is 5. The highest BCUT2D eigenvalue weighted by Crippen LogP contribution is 2.46. The molecule has 26 heavy (non-hydrogen) atoms. The predicted molar refractivity (Wildman–Crippen MR) is 85.9 cm³/mol. The van der Waals surface area contributed by atoms with Crippen LogP contribution in [0.2, 0.25) is 0 Å². The summed E-state index contributed by atoms with van der Waals surface area (Å²) in [6.07, 6.45) is 1.91. The number of fused-ring (bicyclic) bond motifs is 1. The minimum absolute atomic E-state index is 0.0275. The molecule has 5 nitrogen and oxygen atoms in total. The first-order valence-corrected chi connectivity index (χ1v) is 9.46. The lowest BCUT2D eigenvalue weighted by molar-refractivity contribution is -0.0537. The quantitative estimate of drug-likeness (QED) is 0.575. The lowest BCUT2D eigenvalue weighted by Crippen LogP contribution is -2.36. The summed E-state index contributed by atoms with van der Waals surface area (Å²) in [5.41, 5.74) is -6.16. The van der Waals surface area contributed by atoms with Gasteiger partial charge in [-0.1, -0.05) is 19.1 Å². The van der Waals surface area contributed by atoms with Crippen molar-refractivity contribution in [1.82, 2.24) is 0 Å². The summed E-state index contributed by atoms with van der Waals surface area (Å²) < 4.78 is 70.9. The maximum atomic E-state index is 12.7. The van der Waals surface area contributed by atoms with Crippen LogP contribution in [0.25, 0.3) is 0 Å². The van der Waals surface area contributed by atoms with Crippen LogP contribution in [-0.4, -0.2) is 25.8 Å². The number of ketones is 1. The van der Waals surface area contributed by atoms with E-state index in [0.29, 0.717) is 30.6 Å². The molecule has 1 aliphatic heterocycles. The number of para-hydroxylation sites is 1. The van der Waals surface area contributed by atoms with Gasteiger partial charge in [0.1, 0.15) is 11.5 Å². The van der Waals surface area contributed by atoms with Gasteiger partial charge in [0.15, 0.2) is 6.10 Å². The van der Waals surface area contributed by atoms with Crippen LogP contribution in [0.4, 0.5) is 13.2 Å². The summed E-state index contributed by atoms with van der Waals surface area (Å²) in [7, 11) is -5.76. The fraction of sp³-hybridized carbons (Fsp3) is 0.471. The molecule has 0 aromatic heterocycles. The van der Waals surface area contributed by atoms with Crippen LogP contribution in [0, 0.1) is 5.41 Å². The van der Waals surface area contributed by atoms with Gasteiger partial charge in [-0.2, -0.15) is 21.6 Å². The highest BCUT2D eigenvalue weighted by Gasteiger charge is 2.51. The molecule has 2 aliphatic rings. The van der Waals surface area contributed by atoms with Crippen LogP contribution in [0.3, 0.4) is 0 Å². The van der Waals surface area contributed by atoms with Crippen molar-refractivity contribution >= 4 is 15.9 Å². The highest BCUT2D eigenvalue weighted by molar-refractivity contribution is 7.87. The van der Waals surface area contributed by atoms with Crippen LogP contribution < -0.4 is 4.74 Å². The maximum absolute atomic E-state index is 12.7. The average molecular weight is 390 g/mol. The standard InChI is InChI=1S/C17H17F3O5S/c1-16(10-13-15(21)11-6-2-3-7-12(11)24-13)9-5-4-8-14(16)25-26(22,23)17(18,19)20/h2-3,6-8,13H,4-5,9-10H2,1H3/t13?,16-/m0/s1. The topological polar surface area (TPSA) is 69.7 Å². The third-order valence-corrected chi connectivity index (χ3v) is 5.66. The summed E-state index contributed by atoms with van der Waals surface area (Å²) in [6, 6.07) is 6.65. The zero-order valence-corrected chi connectivity index (χ0v) is 14.7. The summed E-state index contributed by atoms with van der Waals surface area (Å²) >= 11 is 0. The second kappa shape index (κ2) is 6.29. The van der Waals surface area contributed by atoms with E-state index >= 15 is 0 Å². The summed E-state index contributed by atoms with van der Waals surface area (Å²) in [5.74, 6) is -0.143. The first-order chi connectivity index (χ1) is 12.0. The van der Waals surface area contributed by atoms with E-state index in [0.717, 1.165) is 0 Å². The van der Waals surface area contributed by atoms with Gasteiger partial charge in [-0.15, -0.1) is 0 Å². The fourth-order valence-corrected chi connectivity index (χ4v) is 3.89. The number of halogens is 3. The van der Waals surface area contributed by atoms with Crippen molar-refractivity contribution in [2.75, 3.05) is 0 Å². The van der Waals surface area contributed by atoms with Gasteiger partial charge in [-0.05, 0) is 37.5 Å². The molecular weight excluding hydrogens is 373 g/mol. The van der Waals surface area contributed by atoms with Crippen LogP contribution >= 0.6 is 0 Å². The first-order valence-electron chi connectivity index (χ1n) is 8.05. The predicted octanol–water partition coefficient (Wildman–Crippen LogP) is 3.96. The van der Waals surface area contributed by atoms with Crippen LogP contribution in [0.1, 0.15) is 43.0 Å². The van der Waals surface area contributed by atoms with Crippen LogP contribution in [-0.2, 0) is 14.3 Å². The number of Topliss-reactive ketones (excluding diaryl/α,β-unsaturated/α-hetero) is 1. The molecule has 0 fully saturated rings. The van der Waals surface area contributed by atoms with Crippen molar-refractivity contribution in [1.29, 1.82) is 0 Å². The second-order valence-corrected chi connectivity index (χ2v) is 8.21. The summed E-state index contributed by atoms with van der Waals surface area (Å²) in [6.45, 7) is 1.59. The van der Waals surface area contributed by atoms with Gasteiger partial charge in [0.05, 0.1) is 5.56 Å². The second-order valence-electron chi connectivity index (χ2n) is 6.68. The Morgan fingerprint density at radius 2 is 2.00 bits per heavy atom. The molecule has 0 spiro atoms. The van der Waals surface area contributed by atoms with E-state index in [1.807, 2.05) is 0 Å². The molecule has 9 heteroatoms. The van der Waals surface area contributed by atoms with Gasteiger partial charge in [0, 0.05) is 11.8 Å². The van der Waals surface area contributed by atoms with E-state index in [4.69, 9.17) is 4.74 Å². The maximum Gasteiger partial charge on any atom is 0.534 e. The number of carbonyl (C=O) groups excluding carboxylic acids is 1. The number of benzene rings is 1. The molecule has 0 bridgehead atoms. The molecule has 0 N–H and O–H groups in total. The molecule has 1 aromatic rings. The van der Waals surface area contributed by atoms with E-state index in [1.54, 1.807) is 31.2 Å². The molecule has 0 saturated carbocycles. The monoisotopic (exact) mass is 390 g/mol. The van der Waals surface area contributed by atoms with Gasteiger partial charge >= 0.3 is 15.6 Å². The van der Waals surface area contributed by atoms with E-state index in [2.05, 4.69) is 4.18 Å². The fourth-order valence-electron chi connectivity index (χ4n) is 3.29. The Kier molecular flexibility index (Phi) is 4.54. The molecule has 1 unspecified atom stereocenters. The molecule has 3 rings (SSSR count). The smallest absolute Gasteiger partial charge is 0.481 e. The van der Waals surface area contributed by atoms with Crippen molar-refractivity contribution < 1.29 is 35.3 Å². The van der Waals surface area contributed by atoms with Crippen molar-refractivity contribution in [2.24, 2.45) is 5.41 Å². The summed E-state index contributed by atoms with van der Waals surface area (Å²) in [4.78, 5) is 12.5. The van der Waals surface area contributed by atoms with Gasteiger partial charge in [0.2, 0.25) is 5.78 Å². The molecular formula is C17H17F3O5S. The number of carbonyl (C=O) groups is 1. The van der Waals surface area contributed by atoms with Crippen molar-refractivity contribution in [3.63, 3.8) is 0 Å². The third kappa shape index (κ3) is 3.32. The van der Waals surface area contributed by atoms with E-state index in [1.165, 1.54) is 6.08 Å². The van der Waals surface area contributed by atoms with Crippen molar-refractivity contribution in [3.8, 4) is 5.75 Å². The number of rotatable bonds is 4. The molecule has 2 atom stereocenters. The lowest BCUT2D eigenvalue weighted by Gasteiger charge is -2.35. The van der Waals surface area contributed by atoms with Crippen LogP contribution in [0.5, 0.6) is 5.75 Å². The molecule has 1 aliphatic carbocycles. The Balaban J connectivity index is 1.83. The third-order valence-electron chi connectivity index (χ3n) is 4.69. The van der Waals surface area contributed by atoms with Gasteiger partial charge < -0.3 is 8.92 Å². The van der Waals surface area contributed by atoms with Crippen LogP contribution in [0.15, 0.2) is 36.1 Å². The van der Waals surface area contributed by atoms with Crippen molar-refractivity contribution in [2.45, 2.75) is 44.2 Å². The molecule has 142 valence electrons. The number of hydrogen-bond donors (Lipinski definition) is 0. The Hall–Kier alpha value is -2.03. The number of alkyl halides is 3. The van der Waals surface area contributed by atoms with E-state index < -0.39 is 27.1 Å². The van der Waals surface area contributed by atoms with E-state index in [-0.39, 0.29) is 18.0 Å². The summed E-state index contributed by atoms with van der Waals surface area (Å²) in [5, 5.41) is 0. The van der Waals surface area contributed by atoms with Crippen molar-refractivity contribution in [3.05, 3.63) is 41.7 Å². The molecule has 1 aromatic carbocycles. The molecule has 0 saturated heterocycles. The Morgan fingerprint density at radius 1 is 1.31 bits per heavy atom. The molecule has 1 heterocycles. The zero-order valence-electron chi connectivity index (χ0n) is 13.9. The Bertz CT molecular complexity index is 859. The largest absolute Gasteiger partial charge is 0.534 e. The SMILES string of the molecule is C[C@@]1(CC2Oc3ccccc3C2=O)CCCC=C1OS(=O)(=O)C(F)(F)F. The highest BCUT2D eigenvalue weighted by atomic mass is 32.2. The average Bonchev–Trinajstić information content (AvgIpc) is 2.85. The molecule has 0 radical (unpaired) electrons. The number of allylic oxidation sites excluding steroid dienone is 2. The number of ether oxygens (including phenoxy) is 1. The normalized spacial score (nSPS) is 26.1. The Labute approximate surface area is 148 Å².